The number of piperazine rings is 1. The summed E-state index contributed by atoms with van der Waals surface area (Å²) in [6.07, 6.45) is -4.29. The van der Waals surface area contributed by atoms with Gasteiger partial charge >= 0.3 is 6.18 Å². The molecule has 26 heavy (non-hydrogen) atoms. The average Bonchev–Trinajstić information content (AvgIpc) is 2.58. The molecule has 0 unspecified atom stereocenters. The summed E-state index contributed by atoms with van der Waals surface area (Å²) < 4.78 is 41.3. The first-order chi connectivity index (χ1) is 12.4. The molecule has 0 aromatic heterocycles. The van der Waals surface area contributed by atoms with E-state index in [2.05, 4.69) is 25.4 Å². The van der Waals surface area contributed by atoms with Gasteiger partial charge in [0.25, 0.3) is 0 Å². The summed E-state index contributed by atoms with van der Waals surface area (Å²) in [5, 5.41) is 5.90. The Morgan fingerprint density at radius 1 is 1.12 bits per heavy atom. The highest BCUT2D eigenvalue weighted by Gasteiger charge is 2.26. The number of methoxy groups -OCH3 is 1. The molecule has 0 aliphatic carbocycles. The minimum absolute atomic E-state index is 0.0253. The van der Waals surface area contributed by atoms with E-state index in [4.69, 9.17) is 4.74 Å². The lowest BCUT2D eigenvalue weighted by Gasteiger charge is -2.36. The Hall–Kier alpha value is -1.55. The van der Waals surface area contributed by atoms with Gasteiger partial charge in [-0.1, -0.05) is 0 Å². The Morgan fingerprint density at radius 3 is 2.38 bits per heavy atom. The van der Waals surface area contributed by atoms with E-state index in [-0.39, 0.29) is 12.3 Å². The van der Waals surface area contributed by atoms with Crippen LogP contribution < -0.4 is 10.6 Å². The summed E-state index contributed by atoms with van der Waals surface area (Å²) in [5.41, 5.74) is 0. The topological polar surface area (TPSA) is 69.2 Å². The quantitative estimate of drug-likeness (QED) is 0.349. The van der Waals surface area contributed by atoms with E-state index in [1.165, 1.54) is 0 Å². The third-order valence-corrected chi connectivity index (χ3v) is 4.05. The van der Waals surface area contributed by atoms with Crippen LogP contribution in [0.5, 0.6) is 0 Å². The van der Waals surface area contributed by atoms with E-state index in [9.17, 15) is 18.0 Å². The smallest absolute Gasteiger partial charge is 0.383 e. The van der Waals surface area contributed by atoms with Crippen molar-refractivity contribution >= 4 is 11.9 Å². The molecule has 1 rings (SSSR count). The molecule has 2 N–H and O–H groups in total. The number of guanidine groups is 1. The lowest BCUT2D eigenvalue weighted by atomic mass is 10.2. The number of amides is 1. The van der Waals surface area contributed by atoms with Crippen molar-refractivity contribution in [2.24, 2.45) is 4.99 Å². The number of nitrogens with one attached hydrogen (secondary N) is 2. The monoisotopic (exact) mass is 381 g/mol. The molecule has 0 spiro atoms. The Balaban J connectivity index is 2.22. The summed E-state index contributed by atoms with van der Waals surface area (Å²) in [6, 6.07) is 0. The van der Waals surface area contributed by atoms with Crippen LogP contribution in [0, 0.1) is 0 Å². The Bertz CT molecular complexity index is 438. The van der Waals surface area contributed by atoms with Crippen LogP contribution in [-0.2, 0) is 9.53 Å². The number of alkyl halides is 3. The first-order valence-electron chi connectivity index (χ1n) is 8.86. The second-order valence-corrected chi connectivity index (χ2v) is 6.15. The third kappa shape index (κ3) is 9.81. The predicted octanol–water partition coefficient (Wildman–Crippen LogP) is 0.675. The molecule has 0 radical (unpaired) electrons. The summed E-state index contributed by atoms with van der Waals surface area (Å²) in [6.45, 7) is 4.69. The van der Waals surface area contributed by atoms with Gasteiger partial charge in [-0.2, -0.15) is 13.2 Å². The molecule has 1 aliphatic rings. The van der Waals surface area contributed by atoms with Gasteiger partial charge in [0.05, 0.1) is 13.2 Å². The Labute approximate surface area is 152 Å². The summed E-state index contributed by atoms with van der Waals surface area (Å²) in [4.78, 5) is 20.1. The van der Waals surface area contributed by atoms with Gasteiger partial charge in [0.15, 0.2) is 5.96 Å². The number of carbonyl (C=O) groups is 1. The number of carbonyl (C=O) groups excluding carboxylic acids is 1. The van der Waals surface area contributed by atoms with Crippen LogP contribution in [0.1, 0.15) is 19.3 Å². The molecule has 0 aromatic carbocycles. The van der Waals surface area contributed by atoms with Crippen LogP contribution >= 0.6 is 0 Å². The van der Waals surface area contributed by atoms with Crippen molar-refractivity contribution in [3.05, 3.63) is 0 Å². The van der Waals surface area contributed by atoms with Crippen molar-refractivity contribution in [2.75, 3.05) is 66.6 Å². The predicted molar refractivity (Wildman–Crippen MR) is 94.2 cm³/mol. The lowest BCUT2D eigenvalue weighted by molar-refractivity contribution is -0.135. The van der Waals surface area contributed by atoms with Gasteiger partial charge in [-0.05, 0) is 12.8 Å². The number of hydrogen-bond acceptors (Lipinski definition) is 4. The molecular weight excluding hydrogens is 351 g/mol. The molecule has 1 saturated heterocycles. The maximum atomic E-state index is 12.1. The summed E-state index contributed by atoms with van der Waals surface area (Å²) >= 11 is 0. The van der Waals surface area contributed by atoms with Crippen molar-refractivity contribution in [2.45, 2.75) is 25.4 Å². The molecule has 0 atom stereocenters. The van der Waals surface area contributed by atoms with Gasteiger partial charge in [-0.15, -0.1) is 0 Å². The van der Waals surface area contributed by atoms with E-state index >= 15 is 0 Å². The third-order valence-electron chi connectivity index (χ3n) is 4.05. The highest BCUT2D eigenvalue weighted by molar-refractivity contribution is 5.80. The fourth-order valence-electron chi connectivity index (χ4n) is 2.65. The highest BCUT2D eigenvalue weighted by Crippen LogP contribution is 2.21. The van der Waals surface area contributed by atoms with Crippen LogP contribution in [0.25, 0.3) is 0 Å². The zero-order valence-corrected chi connectivity index (χ0v) is 15.6. The van der Waals surface area contributed by atoms with Crippen LogP contribution in [0.2, 0.25) is 0 Å². The maximum Gasteiger partial charge on any atom is 0.389 e. The number of halogens is 3. The number of rotatable bonds is 9. The van der Waals surface area contributed by atoms with Crippen molar-refractivity contribution in [3.8, 4) is 0 Å². The van der Waals surface area contributed by atoms with Gasteiger partial charge in [0.2, 0.25) is 5.91 Å². The van der Waals surface area contributed by atoms with Crippen molar-refractivity contribution in [1.82, 2.24) is 20.4 Å². The van der Waals surface area contributed by atoms with Gasteiger partial charge in [0.1, 0.15) is 0 Å². The fraction of sp³-hybridized carbons (Fsp3) is 0.875. The van der Waals surface area contributed by atoms with Crippen LogP contribution in [0.3, 0.4) is 0 Å². The van der Waals surface area contributed by atoms with Crippen molar-refractivity contribution in [3.63, 3.8) is 0 Å². The number of ether oxygens (including phenoxy) is 1. The Kier molecular flexibility index (Phi) is 10.3. The Morgan fingerprint density at radius 2 is 1.81 bits per heavy atom. The van der Waals surface area contributed by atoms with Crippen molar-refractivity contribution < 1.29 is 22.7 Å². The van der Waals surface area contributed by atoms with E-state index in [0.717, 1.165) is 13.1 Å². The highest BCUT2D eigenvalue weighted by atomic mass is 19.4. The van der Waals surface area contributed by atoms with Crippen LogP contribution in [-0.4, -0.2) is 94.4 Å². The zero-order chi connectivity index (χ0) is 19.4. The molecule has 1 aliphatic heterocycles. The zero-order valence-electron chi connectivity index (χ0n) is 15.6. The molecule has 0 saturated carbocycles. The normalized spacial score (nSPS) is 16.7. The number of aliphatic imine (C=N–C) groups is 1. The molecule has 1 fully saturated rings. The SMILES string of the molecule is CN=C(NCCCCC(F)(F)F)N1CCN(CC(=O)NCCOC)CC1. The molecule has 1 amide bonds. The fourth-order valence-corrected chi connectivity index (χ4v) is 2.65. The lowest BCUT2D eigenvalue weighted by Crippen LogP contribution is -2.54. The molecular formula is C16H30F3N5O2. The second-order valence-electron chi connectivity index (χ2n) is 6.15. The molecule has 1 heterocycles. The first-order valence-corrected chi connectivity index (χ1v) is 8.86. The molecule has 0 bridgehead atoms. The first kappa shape index (κ1) is 22.5. The molecule has 10 heteroatoms. The largest absolute Gasteiger partial charge is 0.389 e. The van der Waals surface area contributed by atoms with Gasteiger partial charge in [-0.25, -0.2) is 0 Å². The molecule has 7 nitrogen and oxygen atoms in total. The van der Waals surface area contributed by atoms with Crippen molar-refractivity contribution in [1.29, 1.82) is 0 Å². The standard InChI is InChI=1S/C16H30F3N5O2/c1-20-15(22-6-4-3-5-16(17,18)19)24-10-8-23(9-11-24)13-14(25)21-7-12-26-2/h3-13H2,1-2H3,(H,20,22)(H,21,25). The average molecular weight is 381 g/mol. The molecule has 0 aromatic rings. The van der Waals surface area contributed by atoms with Gasteiger partial charge < -0.3 is 20.3 Å². The van der Waals surface area contributed by atoms with Gasteiger partial charge in [-0.3, -0.25) is 14.7 Å². The second kappa shape index (κ2) is 11.9. The maximum absolute atomic E-state index is 12.1. The van der Waals surface area contributed by atoms with E-state index in [1.54, 1.807) is 14.2 Å². The van der Waals surface area contributed by atoms with Gasteiger partial charge in [0, 0.05) is 59.8 Å². The van der Waals surface area contributed by atoms with E-state index in [0.29, 0.717) is 51.7 Å². The minimum Gasteiger partial charge on any atom is -0.383 e. The summed E-state index contributed by atoms with van der Waals surface area (Å²) in [5.74, 6) is 0.670. The number of hydrogen-bond donors (Lipinski definition) is 2. The van der Waals surface area contributed by atoms with E-state index < -0.39 is 12.6 Å². The van der Waals surface area contributed by atoms with Crippen LogP contribution in [0.15, 0.2) is 4.99 Å². The number of nitrogens with zero attached hydrogens (tertiary/aromatic N) is 3. The van der Waals surface area contributed by atoms with E-state index in [1.807, 2.05) is 0 Å². The van der Waals surface area contributed by atoms with Crippen LogP contribution in [0.4, 0.5) is 13.2 Å². The molecule has 152 valence electrons. The summed E-state index contributed by atoms with van der Waals surface area (Å²) in [7, 11) is 3.25. The number of unbranched alkanes of at least 4 members (excludes halogenated alkanes) is 1. The minimum atomic E-state index is -4.09.